The molecule has 1 saturated heterocycles. The average molecular weight is 506 g/mol. The summed E-state index contributed by atoms with van der Waals surface area (Å²) in [6.45, 7) is 6.79. The van der Waals surface area contributed by atoms with Gasteiger partial charge in [-0.15, -0.1) is 0 Å². The molecular weight excluding hydrogens is 470 g/mol. The maximum absolute atomic E-state index is 12.8. The zero-order valence-corrected chi connectivity index (χ0v) is 21.3. The molecule has 8 nitrogen and oxygen atoms in total. The Labute approximate surface area is 208 Å². The van der Waals surface area contributed by atoms with Gasteiger partial charge in [-0.2, -0.15) is 0 Å². The van der Waals surface area contributed by atoms with Gasteiger partial charge in [0, 0.05) is 19.6 Å². The summed E-state index contributed by atoms with van der Waals surface area (Å²) in [4.78, 5) is 15.1. The van der Waals surface area contributed by atoms with E-state index in [0.717, 1.165) is 44.2 Å². The van der Waals surface area contributed by atoms with Crippen LogP contribution in [0.15, 0.2) is 53.4 Å². The molecule has 0 saturated carbocycles. The molecule has 9 heteroatoms. The van der Waals surface area contributed by atoms with Gasteiger partial charge in [-0.3, -0.25) is 9.69 Å². The van der Waals surface area contributed by atoms with Crippen molar-refractivity contribution in [2.45, 2.75) is 24.7 Å². The lowest BCUT2D eigenvalue weighted by Gasteiger charge is -2.26. The number of rotatable bonds is 13. The van der Waals surface area contributed by atoms with Crippen molar-refractivity contribution in [3.8, 4) is 11.5 Å². The Balaban J connectivity index is 1.56. The maximum atomic E-state index is 12.8. The number of hydrogen-bond donors (Lipinski definition) is 0. The van der Waals surface area contributed by atoms with Crippen molar-refractivity contribution in [3.05, 3.63) is 54.1 Å². The molecule has 2 aromatic rings. The molecule has 2 aromatic carbocycles. The molecule has 1 heterocycles. The Kier molecular flexibility index (Phi) is 10.4. The van der Waals surface area contributed by atoms with Crippen molar-refractivity contribution in [3.63, 3.8) is 0 Å². The molecule has 0 aromatic heterocycles. The van der Waals surface area contributed by atoms with Gasteiger partial charge in [0.2, 0.25) is 0 Å². The third kappa shape index (κ3) is 8.52. The highest BCUT2D eigenvalue weighted by atomic mass is 32.2. The van der Waals surface area contributed by atoms with Gasteiger partial charge < -0.3 is 18.9 Å². The summed E-state index contributed by atoms with van der Waals surface area (Å²) in [5, 5.41) is 0. The van der Waals surface area contributed by atoms with E-state index in [-0.39, 0.29) is 29.6 Å². The number of nitrogens with zero attached hydrogens (tertiary/aromatic N) is 1. The van der Waals surface area contributed by atoms with Crippen LogP contribution in [0.25, 0.3) is 0 Å². The molecule has 0 bridgehead atoms. The second-order valence-electron chi connectivity index (χ2n) is 8.38. The van der Waals surface area contributed by atoms with Crippen molar-refractivity contribution in [1.82, 2.24) is 4.90 Å². The van der Waals surface area contributed by atoms with Crippen molar-refractivity contribution >= 4 is 15.8 Å². The standard InChI is InChI=1S/C26H35NO7S/c1-3-33-26(28)22(12-19-35(29,30)25-10-8-23(31-2)9-11-25)20-21-4-6-24(7-5-21)34-18-15-27-13-16-32-17-14-27/h4-11,22H,3,12-20H2,1-2H3. The van der Waals surface area contributed by atoms with E-state index in [4.69, 9.17) is 18.9 Å². The minimum absolute atomic E-state index is 0.147. The number of methoxy groups -OCH3 is 1. The molecule has 1 aliphatic heterocycles. The molecular formula is C26H35NO7S. The Morgan fingerprint density at radius 2 is 1.69 bits per heavy atom. The van der Waals surface area contributed by atoms with Gasteiger partial charge in [-0.25, -0.2) is 8.42 Å². The van der Waals surface area contributed by atoms with Crippen LogP contribution in [0.5, 0.6) is 11.5 Å². The molecule has 0 amide bonds. The highest BCUT2D eigenvalue weighted by Crippen LogP contribution is 2.22. The Hall–Kier alpha value is -2.62. The van der Waals surface area contributed by atoms with Crippen LogP contribution in [-0.4, -0.2) is 78.2 Å². The smallest absolute Gasteiger partial charge is 0.309 e. The van der Waals surface area contributed by atoms with Crippen LogP contribution >= 0.6 is 0 Å². The van der Waals surface area contributed by atoms with Gasteiger partial charge in [0.15, 0.2) is 9.84 Å². The van der Waals surface area contributed by atoms with Crippen molar-refractivity contribution in [2.75, 3.05) is 58.9 Å². The highest BCUT2D eigenvalue weighted by Gasteiger charge is 2.24. The number of esters is 1. The molecule has 1 atom stereocenters. The van der Waals surface area contributed by atoms with E-state index in [9.17, 15) is 13.2 Å². The number of sulfone groups is 1. The summed E-state index contributed by atoms with van der Waals surface area (Å²) in [7, 11) is -2.02. The number of ether oxygens (including phenoxy) is 4. The lowest BCUT2D eigenvalue weighted by molar-refractivity contribution is -0.148. The number of carbonyl (C=O) groups excluding carboxylic acids is 1. The van der Waals surface area contributed by atoms with Crippen LogP contribution in [0.1, 0.15) is 18.9 Å². The van der Waals surface area contributed by atoms with E-state index >= 15 is 0 Å². The third-order valence-corrected chi connectivity index (χ3v) is 7.72. The van der Waals surface area contributed by atoms with E-state index in [2.05, 4.69) is 4.90 Å². The van der Waals surface area contributed by atoms with E-state index < -0.39 is 15.8 Å². The zero-order valence-electron chi connectivity index (χ0n) is 20.5. The van der Waals surface area contributed by atoms with Crippen LogP contribution in [0.4, 0.5) is 0 Å². The van der Waals surface area contributed by atoms with Gasteiger partial charge in [0.25, 0.3) is 0 Å². The molecule has 0 N–H and O–H groups in total. The first kappa shape index (κ1) is 27.0. The summed E-state index contributed by atoms with van der Waals surface area (Å²) in [5.41, 5.74) is 0.922. The van der Waals surface area contributed by atoms with Crippen molar-refractivity contribution in [1.29, 1.82) is 0 Å². The summed E-state index contributed by atoms with van der Waals surface area (Å²) in [5.74, 6) is 0.254. The normalized spacial score (nSPS) is 15.4. The third-order valence-electron chi connectivity index (χ3n) is 5.96. The number of benzene rings is 2. The molecule has 0 radical (unpaired) electrons. The highest BCUT2D eigenvalue weighted by molar-refractivity contribution is 7.91. The van der Waals surface area contributed by atoms with Gasteiger partial charge in [0.05, 0.1) is 43.5 Å². The van der Waals surface area contributed by atoms with Crippen LogP contribution in [-0.2, 0) is 30.5 Å². The minimum atomic E-state index is -3.54. The fourth-order valence-electron chi connectivity index (χ4n) is 3.89. The van der Waals surface area contributed by atoms with Crippen LogP contribution in [0.2, 0.25) is 0 Å². The van der Waals surface area contributed by atoms with Gasteiger partial charge in [0.1, 0.15) is 18.1 Å². The van der Waals surface area contributed by atoms with E-state index in [0.29, 0.717) is 18.8 Å². The Morgan fingerprint density at radius 1 is 1.03 bits per heavy atom. The molecule has 1 fully saturated rings. The molecule has 0 aliphatic carbocycles. The monoisotopic (exact) mass is 505 g/mol. The van der Waals surface area contributed by atoms with E-state index in [1.165, 1.54) is 19.2 Å². The molecule has 0 spiro atoms. The molecule has 192 valence electrons. The first-order valence-corrected chi connectivity index (χ1v) is 13.6. The van der Waals surface area contributed by atoms with Crippen molar-refractivity contribution in [2.24, 2.45) is 5.92 Å². The number of carbonyl (C=O) groups is 1. The summed E-state index contributed by atoms with van der Waals surface area (Å²) < 4.78 is 47.1. The van der Waals surface area contributed by atoms with Crippen molar-refractivity contribution < 1.29 is 32.2 Å². The first-order valence-electron chi connectivity index (χ1n) is 12.0. The maximum Gasteiger partial charge on any atom is 0.309 e. The number of hydrogen-bond acceptors (Lipinski definition) is 8. The first-order chi connectivity index (χ1) is 16.9. The van der Waals surface area contributed by atoms with Gasteiger partial charge in [-0.05, 0) is 61.7 Å². The predicted octanol–water partition coefficient (Wildman–Crippen LogP) is 2.99. The van der Waals surface area contributed by atoms with E-state index in [1.54, 1.807) is 19.1 Å². The molecule has 1 unspecified atom stereocenters. The lowest BCUT2D eigenvalue weighted by Crippen LogP contribution is -2.38. The quantitative estimate of drug-likeness (QED) is 0.384. The second kappa shape index (κ2) is 13.5. The summed E-state index contributed by atoms with van der Waals surface area (Å²) in [6, 6.07) is 13.8. The minimum Gasteiger partial charge on any atom is -0.497 e. The number of morpholine rings is 1. The molecule has 1 aliphatic rings. The lowest BCUT2D eigenvalue weighted by atomic mass is 9.97. The largest absolute Gasteiger partial charge is 0.497 e. The average Bonchev–Trinajstić information content (AvgIpc) is 2.88. The fourth-order valence-corrected chi connectivity index (χ4v) is 5.27. The topological polar surface area (TPSA) is 91.4 Å². The van der Waals surface area contributed by atoms with Gasteiger partial charge in [-0.1, -0.05) is 12.1 Å². The Bertz CT molecular complexity index is 1020. The Morgan fingerprint density at radius 3 is 2.31 bits per heavy atom. The zero-order chi connectivity index (χ0) is 25.1. The second-order valence-corrected chi connectivity index (χ2v) is 10.5. The summed E-state index contributed by atoms with van der Waals surface area (Å²) >= 11 is 0. The van der Waals surface area contributed by atoms with Crippen LogP contribution in [0.3, 0.4) is 0 Å². The SMILES string of the molecule is CCOC(=O)C(CCS(=O)(=O)c1ccc(OC)cc1)Cc1ccc(OCCN2CCOCC2)cc1. The molecule has 35 heavy (non-hydrogen) atoms. The van der Waals surface area contributed by atoms with Crippen LogP contribution in [0, 0.1) is 5.92 Å². The van der Waals surface area contributed by atoms with Crippen LogP contribution < -0.4 is 9.47 Å². The van der Waals surface area contributed by atoms with E-state index in [1.807, 2.05) is 24.3 Å². The van der Waals surface area contributed by atoms with Gasteiger partial charge >= 0.3 is 5.97 Å². The molecule has 3 rings (SSSR count). The summed E-state index contributed by atoms with van der Waals surface area (Å²) in [6.07, 6.45) is 0.565. The fraction of sp³-hybridized carbons (Fsp3) is 0.500. The predicted molar refractivity (Wildman–Crippen MR) is 133 cm³/mol.